The van der Waals surface area contributed by atoms with E-state index in [9.17, 15) is 10.4 Å². The van der Waals surface area contributed by atoms with Crippen molar-refractivity contribution < 1.29 is 5.11 Å². The van der Waals surface area contributed by atoms with Crippen LogP contribution in [0, 0.1) is 23.2 Å². The zero-order valence-corrected chi connectivity index (χ0v) is 22.6. The molecular formula is C26H32Cl2N8O. The number of nitrogens with one attached hydrogen (secondary N) is 1. The summed E-state index contributed by atoms with van der Waals surface area (Å²) in [7, 11) is 0. The predicted octanol–water partition coefficient (Wildman–Crippen LogP) is 3.69. The second kappa shape index (κ2) is 11.1. The number of aromatic nitrogens is 4. The molecule has 3 atom stereocenters. The van der Waals surface area contributed by atoms with Crippen LogP contribution in [-0.4, -0.2) is 75.3 Å². The maximum Gasteiger partial charge on any atom is 0.190 e. The lowest BCUT2D eigenvalue weighted by molar-refractivity contribution is 0.108. The number of rotatable bonds is 8. The Morgan fingerprint density at radius 1 is 1.22 bits per heavy atom. The molecular weight excluding hydrogens is 511 g/mol. The van der Waals surface area contributed by atoms with Crippen LogP contribution in [0.5, 0.6) is 0 Å². The zero-order valence-electron chi connectivity index (χ0n) is 21.1. The largest absolute Gasteiger partial charge is 0.379 e. The maximum absolute atomic E-state index is 9.64. The topological polar surface area (TPSA) is 106 Å². The molecule has 0 aliphatic carbocycles. The van der Waals surface area contributed by atoms with E-state index in [0.717, 1.165) is 50.6 Å². The van der Waals surface area contributed by atoms with E-state index in [-0.39, 0.29) is 11.7 Å². The van der Waals surface area contributed by atoms with Crippen molar-refractivity contribution >= 4 is 40.2 Å². The van der Waals surface area contributed by atoms with E-state index in [1.54, 1.807) is 29.9 Å². The molecule has 0 radical (unpaired) electrons. The second-order valence-corrected chi connectivity index (χ2v) is 11.0. The Balaban J connectivity index is 1.30. The van der Waals surface area contributed by atoms with Gasteiger partial charge in [-0.15, -0.1) is 0 Å². The van der Waals surface area contributed by atoms with Crippen LogP contribution in [0.25, 0.3) is 11.2 Å². The van der Waals surface area contributed by atoms with Crippen LogP contribution in [0.3, 0.4) is 0 Å². The van der Waals surface area contributed by atoms with Crippen LogP contribution in [0.2, 0.25) is 10.0 Å². The summed E-state index contributed by atoms with van der Waals surface area (Å²) in [6.07, 6.45) is 3.75. The van der Waals surface area contributed by atoms with E-state index in [0.29, 0.717) is 33.0 Å². The fourth-order valence-corrected chi connectivity index (χ4v) is 6.04. The predicted molar refractivity (Wildman–Crippen MR) is 145 cm³/mol. The molecule has 9 nitrogen and oxygen atoms in total. The molecule has 196 valence electrons. The number of hydrogen-bond donors (Lipinski definition) is 2. The molecule has 2 aromatic heterocycles. The number of nitrogens with zero attached hydrogens (tertiary/aromatic N) is 7. The minimum atomic E-state index is -0.467. The SMILES string of the molecule is CC(O)NCCN1CCCC(C2CN(c3cnc4c(C#N)nn(C(C)c5ccc(Cl)cc5Cl)c4n3)C2)C1. The number of halogens is 2. The van der Waals surface area contributed by atoms with Crippen molar-refractivity contribution in [3.05, 3.63) is 45.7 Å². The number of piperidine rings is 1. The highest BCUT2D eigenvalue weighted by molar-refractivity contribution is 6.35. The average Bonchev–Trinajstić information content (AvgIpc) is 3.21. The van der Waals surface area contributed by atoms with Crippen LogP contribution in [0.1, 0.15) is 44.0 Å². The first-order valence-electron chi connectivity index (χ1n) is 12.8. The summed E-state index contributed by atoms with van der Waals surface area (Å²) in [5.41, 5.74) is 2.17. The normalized spacial score (nSPS) is 20.5. The molecule has 2 fully saturated rings. The first kappa shape index (κ1) is 26.1. The van der Waals surface area contributed by atoms with Gasteiger partial charge in [-0.25, -0.2) is 14.6 Å². The molecule has 5 rings (SSSR count). The summed E-state index contributed by atoms with van der Waals surface area (Å²) in [5, 5.41) is 27.8. The third-order valence-corrected chi connectivity index (χ3v) is 8.15. The average molecular weight is 544 g/mol. The van der Waals surface area contributed by atoms with Gasteiger partial charge in [-0.2, -0.15) is 10.4 Å². The lowest BCUT2D eigenvalue weighted by Gasteiger charge is -2.47. The summed E-state index contributed by atoms with van der Waals surface area (Å²) in [4.78, 5) is 14.3. The van der Waals surface area contributed by atoms with E-state index < -0.39 is 6.23 Å². The summed E-state index contributed by atoms with van der Waals surface area (Å²) in [5.74, 6) is 2.09. The Hall–Kier alpha value is -2.48. The number of aliphatic hydroxyl groups is 1. The fraction of sp³-hybridized carbons (Fsp3) is 0.538. The molecule has 2 N–H and O–H groups in total. The summed E-state index contributed by atoms with van der Waals surface area (Å²) >= 11 is 12.6. The van der Waals surface area contributed by atoms with Gasteiger partial charge in [-0.3, -0.25) is 5.32 Å². The maximum atomic E-state index is 9.64. The van der Waals surface area contributed by atoms with Gasteiger partial charge in [-0.1, -0.05) is 29.3 Å². The van der Waals surface area contributed by atoms with Gasteiger partial charge >= 0.3 is 0 Å². The van der Waals surface area contributed by atoms with Crippen molar-refractivity contribution in [3.63, 3.8) is 0 Å². The molecule has 4 heterocycles. The molecule has 2 aliphatic heterocycles. The van der Waals surface area contributed by atoms with Gasteiger partial charge in [0.25, 0.3) is 0 Å². The van der Waals surface area contributed by atoms with Gasteiger partial charge in [-0.05, 0) is 62.8 Å². The molecule has 0 amide bonds. The summed E-state index contributed by atoms with van der Waals surface area (Å²) < 4.78 is 1.73. The van der Waals surface area contributed by atoms with Gasteiger partial charge in [0.05, 0.1) is 12.2 Å². The van der Waals surface area contributed by atoms with Crippen molar-refractivity contribution in [2.45, 2.75) is 39.0 Å². The lowest BCUT2D eigenvalue weighted by Crippen LogP contribution is -2.54. The van der Waals surface area contributed by atoms with Crippen LogP contribution < -0.4 is 10.2 Å². The Bertz CT molecular complexity index is 1300. The molecule has 0 spiro atoms. The van der Waals surface area contributed by atoms with E-state index in [1.165, 1.54) is 12.8 Å². The van der Waals surface area contributed by atoms with Crippen molar-refractivity contribution in [2.24, 2.45) is 11.8 Å². The van der Waals surface area contributed by atoms with E-state index in [2.05, 4.69) is 31.3 Å². The van der Waals surface area contributed by atoms with E-state index >= 15 is 0 Å². The number of anilines is 1. The standard InChI is InChI=1S/C26H32Cl2N8O/c1-16(21-6-5-20(27)10-22(21)28)36-26-25(23(11-29)33-36)31-12-24(32-26)35-14-19(15-35)18-4-3-8-34(13-18)9-7-30-17(2)37/h5-6,10,12,16-19,30,37H,3-4,7-9,13-15H2,1-2H3. The molecule has 3 unspecified atom stereocenters. The van der Waals surface area contributed by atoms with Crippen molar-refractivity contribution in [1.82, 2.24) is 30.0 Å². The van der Waals surface area contributed by atoms with E-state index in [1.807, 2.05) is 13.0 Å². The minimum Gasteiger partial charge on any atom is -0.379 e. The molecule has 2 saturated heterocycles. The highest BCUT2D eigenvalue weighted by atomic mass is 35.5. The minimum absolute atomic E-state index is 0.250. The van der Waals surface area contributed by atoms with Gasteiger partial charge in [0, 0.05) is 42.8 Å². The van der Waals surface area contributed by atoms with E-state index in [4.69, 9.17) is 28.2 Å². The fourth-order valence-electron chi connectivity index (χ4n) is 5.48. The highest BCUT2D eigenvalue weighted by Crippen LogP contribution is 2.35. The highest BCUT2D eigenvalue weighted by Gasteiger charge is 2.36. The molecule has 0 saturated carbocycles. The third kappa shape index (κ3) is 5.54. The zero-order chi connectivity index (χ0) is 26.1. The van der Waals surface area contributed by atoms with Crippen molar-refractivity contribution in [2.75, 3.05) is 44.2 Å². The first-order valence-corrected chi connectivity index (χ1v) is 13.6. The van der Waals surface area contributed by atoms with Gasteiger partial charge < -0.3 is 14.9 Å². The van der Waals surface area contributed by atoms with Gasteiger partial charge in [0.15, 0.2) is 11.3 Å². The quantitative estimate of drug-likeness (QED) is 0.415. The van der Waals surface area contributed by atoms with Gasteiger partial charge in [0.1, 0.15) is 23.6 Å². The molecule has 3 aromatic rings. The number of fused-ring (bicyclic) bond motifs is 1. The Morgan fingerprint density at radius 2 is 2.03 bits per heavy atom. The molecule has 2 aliphatic rings. The van der Waals surface area contributed by atoms with Crippen LogP contribution >= 0.6 is 23.2 Å². The lowest BCUT2D eigenvalue weighted by atomic mass is 9.80. The third-order valence-electron chi connectivity index (χ3n) is 7.59. The number of benzene rings is 1. The van der Waals surface area contributed by atoms with Crippen LogP contribution in [0.4, 0.5) is 5.82 Å². The van der Waals surface area contributed by atoms with Crippen LogP contribution in [0.15, 0.2) is 24.4 Å². The second-order valence-electron chi connectivity index (χ2n) is 10.1. The first-order chi connectivity index (χ1) is 17.8. The summed E-state index contributed by atoms with van der Waals surface area (Å²) in [6.45, 7) is 9.60. The van der Waals surface area contributed by atoms with Crippen molar-refractivity contribution in [1.29, 1.82) is 5.26 Å². The van der Waals surface area contributed by atoms with Crippen molar-refractivity contribution in [3.8, 4) is 6.07 Å². The van der Waals surface area contributed by atoms with Crippen LogP contribution in [-0.2, 0) is 0 Å². The molecule has 0 bridgehead atoms. The summed E-state index contributed by atoms with van der Waals surface area (Å²) in [6, 6.07) is 7.27. The molecule has 1 aromatic carbocycles. The Morgan fingerprint density at radius 3 is 2.76 bits per heavy atom. The number of likely N-dealkylation sites (tertiary alicyclic amines) is 1. The Labute approximate surface area is 227 Å². The smallest absolute Gasteiger partial charge is 0.190 e. The van der Waals surface area contributed by atoms with Gasteiger partial charge in [0.2, 0.25) is 0 Å². The Kier molecular flexibility index (Phi) is 7.84. The number of hydrogen-bond acceptors (Lipinski definition) is 8. The molecule has 11 heteroatoms. The monoisotopic (exact) mass is 542 g/mol. The molecule has 37 heavy (non-hydrogen) atoms. The number of aliphatic hydroxyl groups excluding tert-OH is 1. The number of nitriles is 1.